The fourth-order valence-electron chi connectivity index (χ4n) is 2.30. The third kappa shape index (κ3) is 4.60. The summed E-state index contributed by atoms with van der Waals surface area (Å²) in [5, 5.41) is 5.25. The monoisotopic (exact) mass is 362 g/mol. The molecule has 1 aromatic heterocycles. The predicted molar refractivity (Wildman–Crippen MR) is 93.6 cm³/mol. The lowest BCUT2D eigenvalue weighted by atomic mass is 10.1. The molecule has 8 nitrogen and oxygen atoms in total. The molecule has 0 fully saturated rings. The van der Waals surface area contributed by atoms with Crippen LogP contribution in [0, 0.1) is 0 Å². The third-order valence-electron chi connectivity index (χ3n) is 3.56. The van der Waals surface area contributed by atoms with Gasteiger partial charge in [0.1, 0.15) is 5.58 Å². The van der Waals surface area contributed by atoms with E-state index in [0.717, 1.165) is 5.39 Å². The summed E-state index contributed by atoms with van der Waals surface area (Å²) in [6.07, 6.45) is -1.17. The first-order valence-electron chi connectivity index (χ1n) is 8.35. The molecule has 2 aromatic rings. The van der Waals surface area contributed by atoms with E-state index in [-0.39, 0.29) is 12.4 Å². The predicted octanol–water partition coefficient (Wildman–Crippen LogP) is 2.36. The Labute approximate surface area is 150 Å². The minimum absolute atomic E-state index is 0.0164. The molecule has 0 spiro atoms. The number of carbonyl (C=O) groups excluding carboxylic acids is 3. The van der Waals surface area contributed by atoms with E-state index in [9.17, 15) is 14.4 Å². The van der Waals surface area contributed by atoms with Crippen molar-refractivity contribution in [1.82, 2.24) is 10.6 Å². The van der Waals surface area contributed by atoms with E-state index in [0.29, 0.717) is 24.3 Å². The smallest absolute Gasteiger partial charge is 0.375 e. The summed E-state index contributed by atoms with van der Waals surface area (Å²) in [6.45, 7) is 5.95. The molecule has 1 atom stereocenters. The fraction of sp³-hybridized carbons (Fsp3) is 0.389. The summed E-state index contributed by atoms with van der Waals surface area (Å²) in [5.74, 6) is -1.54. The molecule has 0 saturated carbocycles. The zero-order valence-corrected chi connectivity index (χ0v) is 15.0. The average Bonchev–Trinajstić information content (AvgIpc) is 2.98. The lowest BCUT2D eigenvalue weighted by Gasteiger charge is -2.12. The Bertz CT molecular complexity index is 798. The number of benzene rings is 1. The first-order chi connectivity index (χ1) is 12.5. The number of imide groups is 1. The molecule has 0 bridgehead atoms. The molecule has 0 aliphatic heterocycles. The van der Waals surface area contributed by atoms with Gasteiger partial charge >= 0.3 is 12.0 Å². The maximum absolute atomic E-state index is 12.5. The Morgan fingerprint density at radius 1 is 1.19 bits per heavy atom. The zero-order valence-electron chi connectivity index (χ0n) is 15.0. The normalized spacial score (nSPS) is 11.8. The Morgan fingerprint density at radius 3 is 2.62 bits per heavy atom. The van der Waals surface area contributed by atoms with Crippen LogP contribution in [0.25, 0.3) is 11.0 Å². The zero-order chi connectivity index (χ0) is 19.1. The molecule has 26 heavy (non-hydrogen) atoms. The van der Waals surface area contributed by atoms with Crippen LogP contribution < -0.4 is 10.6 Å². The summed E-state index contributed by atoms with van der Waals surface area (Å²) in [5.41, 5.74) is 1.08. The number of ether oxygens (including phenoxy) is 2. The molecule has 0 radical (unpaired) electrons. The standard InChI is InChI=1S/C18H22N2O6/c1-4-19-18(23)20-16(21)11(3)25-17(22)15-13(10-24-5-2)12-8-6-7-9-14(12)26-15/h6-9,11H,4-5,10H2,1-3H3,(H2,19,20,21,23)/t11-/m1/s1. The van der Waals surface area contributed by atoms with Crippen LogP contribution in [-0.2, 0) is 20.9 Å². The van der Waals surface area contributed by atoms with Crippen molar-refractivity contribution in [3.8, 4) is 0 Å². The van der Waals surface area contributed by atoms with Gasteiger partial charge in [0.15, 0.2) is 6.10 Å². The molecule has 3 amide bonds. The summed E-state index contributed by atoms with van der Waals surface area (Å²) in [7, 11) is 0. The lowest BCUT2D eigenvalue weighted by molar-refractivity contribution is -0.128. The highest BCUT2D eigenvalue weighted by molar-refractivity contribution is 6.00. The van der Waals surface area contributed by atoms with Crippen molar-refractivity contribution in [2.24, 2.45) is 0 Å². The average molecular weight is 362 g/mol. The van der Waals surface area contributed by atoms with Gasteiger partial charge in [-0.25, -0.2) is 9.59 Å². The van der Waals surface area contributed by atoms with Gasteiger partial charge in [-0.2, -0.15) is 0 Å². The number of para-hydroxylation sites is 1. The van der Waals surface area contributed by atoms with Gasteiger partial charge in [-0.05, 0) is 26.8 Å². The quantitative estimate of drug-likeness (QED) is 0.732. The van der Waals surface area contributed by atoms with E-state index >= 15 is 0 Å². The first kappa shape index (κ1) is 19.5. The second kappa shape index (κ2) is 9.00. The molecule has 1 aromatic carbocycles. The molecule has 2 rings (SSSR count). The number of hydrogen-bond donors (Lipinski definition) is 2. The Balaban J connectivity index is 2.15. The molecular weight excluding hydrogens is 340 g/mol. The number of rotatable bonds is 7. The summed E-state index contributed by atoms with van der Waals surface area (Å²) in [4.78, 5) is 35.8. The SMILES string of the molecule is CCNC(=O)NC(=O)[C@@H](C)OC(=O)c1oc2ccccc2c1COCC. The summed E-state index contributed by atoms with van der Waals surface area (Å²) < 4.78 is 16.1. The van der Waals surface area contributed by atoms with E-state index in [1.165, 1.54) is 6.92 Å². The van der Waals surface area contributed by atoms with Crippen LogP contribution in [0.2, 0.25) is 0 Å². The summed E-state index contributed by atoms with van der Waals surface area (Å²) in [6, 6.07) is 6.50. The molecule has 0 aliphatic rings. The van der Waals surface area contributed by atoms with Crippen molar-refractivity contribution in [3.05, 3.63) is 35.6 Å². The summed E-state index contributed by atoms with van der Waals surface area (Å²) >= 11 is 0. The lowest BCUT2D eigenvalue weighted by Crippen LogP contribution is -2.44. The van der Waals surface area contributed by atoms with Crippen LogP contribution >= 0.6 is 0 Å². The van der Waals surface area contributed by atoms with Crippen molar-refractivity contribution in [1.29, 1.82) is 0 Å². The fourth-order valence-corrected chi connectivity index (χ4v) is 2.30. The Morgan fingerprint density at radius 2 is 1.92 bits per heavy atom. The van der Waals surface area contributed by atoms with Crippen LogP contribution in [-0.4, -0.2) is 37.2 Å². The van der Waals surface area contributed by atoms with Gasteiger partial charge in [0.05, 0.1) is 6.61 Å². The molecule has 0 saturated heterocycles. The molecule has 0 aliphatic carbocycles. The molecule has 2 N–H and O–H groups in total. The Hall–Kier alpha value is -2.87. The maximum Gasteiger partial charge on any atom is 0.375 e. The van der Waals surface area contributed by atoms with E-state index < -0.39 is 24.0 Å². The van der Waals surface area contributed by atoms with Gasteiger partial charge in [-0.15, -0.1) is 0 Å². The largest absolute Gasteiger partial charge is 0.449 e. The second-order valence-electron chi connectivity index (χ2n) is 5.44. The van der Waals surface area contributed by atoms with Crippen molar-refractivity contribution in [2.75, 3.05) is 13.2 Å². The topological polar surface area (TPSA) is 107 Å². The number of esters is 1. The van der Waals surface area contributed by atoms with Crippen LogP contribution in [0.1, 0.15) is 36.9 Å². The number of furan rings is 1. The van der Waals surface area contributed by atoms with Crippen molar-refractivity contribution in [3.63, 3.8) is 0 Å². The van der Waals surface area contributed by atoms with Crippen LogP contribution in [0.4, 0.5) is 4.79 Å². The second-order valence-corrected chi connectivity index (χ2v) is 5.44. The minimum Gasteiger partial charge on any atom is -0.449 e. The van der Waals surface area contributed by atoms with E-state index in [4.69, 9.17) is 13.9 Å². The molecule has 140 valence electrons. The third-order valence-corrected chi connectivity index (χ3v) is 3.56. The maximum atomic E-state index is 12.5. The molecule has 0 unspecified atom stereocenters. The van der Waals surface area contributed by atoms with Crippen molar-refractivity contribution in [2.45, 2.75) is 33.5 Å². The van der Waals surface area contributed by atoms with E-state index in [1.54, 1.807) is 19.1 Å². The van der Waals surface area contributed by atoms with Gasteiger partial charge in [-0.1, -0.05) is 18.2 Å². The van der Waals surface area contributed by atoms with Crippen molar-refractivity contribution >= 4 is 28.9 Å². The van der Waals surface area contributed by atoms with Gasteiger partial charge in [0.25, 0.3) is 5.91 Å². The van der Waals surface area contributed by atoms with E-state index in [1.807, 2.05) is 19.1 Å². The number of amides is 3. The van der Waals surface area contributed by atoms with E-state index in [2.05, 4.69) is 10.6 Å². The van der Waals surface area contributed by atoms with Crippen molar-refractivity contribution < 1.29 is 28.3 Å². The van der Waals surface area contributed by atoms with Gasteiger partial charge in [0.2, 0.25) is 5.76 Å². The molecule has 1 heterocycles. The number of fused-ring (bicyclic) bond motifs is 1. The van der Waals surface area contributed by atoms with Crippen LogP contribution in [0.3, 0.4) is 0 Å². The highest BCUT2D eigenvalue weighted by Crippen LogP contribution is 2.27. The number of nitrogens with one attached hydrogen (secondary N) is 2. The number of urea groups is 1. The molecule has 8 heteroatoms. The Kier molecular flexibility index (Phi) is 6.74. The number of carbonyl (C=O) groups is 3. The number of hydrogen-bond acceptors (Lipinski definition) is 6. The highest BCUT2D eigenvalue weighted by Gasteiger charge is 2.26. The minimum atomic E-state index is -1.17. The first-order valence-corrected chi connectivity index (χ1v) is 8.35. The van der Waals surface area contributed by atoms with Gasteiger partial charge in [-0.3, -0.25) is 10.1 Å². The van der Waals surface area contributed by atoms with Crippen LogP contribution in [0.5, 0.6) is 0 Å². The van der Waals surface area contributed by atoms with Crippen LogP contribution in [0.15, 0.2) is 28.7 Å². The highest BCUT2D eigenvalue weighted by atomic mass is 16.6. The molecular formula is C18H22N2O6. The van der Waals surface area contributed by atoms with Gasteiger partial charge in [0, 0.05) is 24.1 Å². The van der Waals surface area contributed by atoms with Gasteiger partial charge < -0.3 is 19.2 Å².